The summed E-state index contributed by atoms with van der Waals surface area (Å²) in [6.07, 6.45) is -0.0164. The highest BCUT2D eigenvalue weighted by molar-refractivity contribution is 6.32. The van der Waals surface area contributed by atoms with E-state index >= 15 is 0 Å². The topological polar surface area (TPSA) is 92.3 Å². The molecule has 0 fully saturated rings. The normalized spacial score (nSPS) is 10.2. The van der Waals surface area contributed by atoms with E-state index in [1.807, 2.05) is 13.8 Å². The molecule has 0 spiro atoms. The van der Waals surface area contributed by atoms with E-state index in [4.69, 9.17) is 35.3 Å². The van der Waals surface area contributed by atoms with Gasteiger partial charge >= 0.3 is 5.97 Å². The lowest BCUT2D eigenvalue weighted by molar-refractivity contribution is -0.146. The number of hydrogen-bond donors (Lipinski definition) is 1. The quantitative estimate of drug-likeness (QED) is 0.518. The average molecular weight is 452 g/mol. The predicted molar refractivity (Wildman–Crippen MR) is 117 cm³/mol. The van der Waals surface area contributed by atoms with Gasteiger partial charge in [0.05, 0.1) is 44.6 Å². The Balaban J connectivity index is 1.95. The maximum atomic E-state index is 12.2. The van der Waals surface area contributed by atoms with Crippen LogP contribution in [0.3, 0.4) is 0 Å². The summed E-state index contributed by atoms with van der Waals surface area (Å²) < 4.78 is 26.5. The largest absolute Gasteiger partial charge is 0.495 e. The van der Waals surface area contributed by atoms with Gasteiger partial charge in [0.25, 0.3) is 5.91 Å². The van der Waals surface area contributed by atoms with E-state index in [9.17, 15) is 9.59 Å². The molecule has 0 atom stereocenters. The van der Waals surface area contributed by atoms with Crippen LogP contribution in [0.15, 0.2) is 30.3 Å². The molecular formula is C22H26ClNO7. The molecule has 2 aromatic rings. The number of nitrogens with one attached hydrogen (secondary N) is 1. The van der Waals surface area contributed by atoms with Gasteiger partial charge in [-0.2, -0.15) is 0 Å². The van der Waals surface area contributed by atoms with Gasteiger partial charge in [-0.1, -0.05) is 17.7 Å². The van der Waals surface area contributed by atoms with Crippen molar-refractivity contribution in [2.75, 3.05) is 39.4 Å². The van der Waals surface area contributed by atoms with Crippen LogP contribution >= 0.6 is 11.6 Å². The summed E-state index contributed by atoms with van der Waals surface area (Å²) in [4.78, 5) is 24.4. The molecule has 9 heteroatoms. The Kier molecular flexibility index (Phi) is 9.27. The average Bonchev–Trinajstić information content (AvgIpc) is 2.74. The fourth-order valence-electron chi connectivity index (χ4n) is 2.71. The van der Waals surface area contributed by atoms with Crippen molar-refractivity contribution in [1.29, 1.82) is 0 Å². The summed E-state index contributed by atoms with van der Waals surface area (Å²) in [5.41, 5.74) is 1.02. The second-order valence-corrected chi connectivity index (χ2v) is 6.63. The van der Waals surface area contributed by atoms with Crippen molar-refractivity contribution in [1.82, 2.24) is 0 Å². The number of anilines is 1. The van der Waals surface area contributed by atoms with Crippen LogP contribution in [-0.4, -0.2) is 45.9 Å². The van der Waals surface area contributed by atoms with Crippen LogP contribution in [0, 0.1) is 0 Å². The van der Waals surface area contributed by atoms with Crippen LogP contribution in [0.25, 0.3) is 0 Å². The summed E-state index contributed by atoms with van der Waals surface area (Å²) >= 11 is 6.09. The Labute approximate surface area is 186 Å². The number of benzene rings is 2. The Bertz CT molecular complexity index is 917. The molecule has 0 radical (unpaired) electrons. The van der Waals surface area contributed by atoms with Crippen LogP contribution < -0.4 is 24.3 Å². The zero-order valence-corrected chi connectivity index (χ0v) is 18.7. The third kappa shape index (κ3) is 6.96. The third-order valence-corrected chi connectivity index (χ3v) is 4.36. The van der Waals surface area contributed by atoms with Crippen molar-refractivity contribution >= 4 is 29.2 Å². The molecule has 31 heavy (non-hydrogen) atoms. The Morgan fingerprint density at radius 3 is 2.23 bits per heavy atom. The van der Waals surface area contributed by atoms with Crippen LogP contribution in [0.1, 0.15) is 19.4 Å². The first kappa shape index (κ1) is 24.1. The van der Waals surface area contributed by atoms with E-state index in [0.717, 1.165) is 0 Å². The number of ether oxygens (including phenoxy) is 5. The molecule has 168 valence electrons. The van der Waals surface area contributed by atoms with Gasteiger partial charge in [0.1, 0.15) is 11.5 Å². The van der Waals surface area contributed by atoms with Crippen LogP contribution in [0.4, 0.5) is 5.69 Å². The second kappa shape index (κ2) is 11.9. The van der Waals surface area contributed by atoms with Gasteiger partial charge in [-0.25, -0.2) is 0 Å². The lowest BCUT2D eigenvalue weighted by Crippen LogP contribution is -2.22. The minimum Gasteiger partial charge on any atom is -0.495 e. The molecular weight excluding hydrogens is 426 g/mol. The van der Waals surface area contributed by atoms with Gasteiger partial charge in [0.2, 0.25) is 0 Å². The maximum Gasteiger partial charge on any atom is 0.310 e. The molecule has 8 nitrogen and oxygen atoms in total. The predicted octanol–water partition coefficient (Wildman–Crippen LogP) is 3.88. The van der Waals surface area contributed by atoms with Crippen molar-refractivity contribution in [3.05, 3.63) is 40.9 Å². The Hall–Kier alpha value is -3.13. The molecule has 2 rings (SSSR count). The fraction of sp³-hybridized carbons (Fsp3) is 0.364. The number of carbonyl (C=O) groups is 2. The van der Waals surface area contributed by atoms with Crippen molar-refractivity contribution in [2.24, 2.45) is 0 Å². The SMILES string of the molecule is CCOc1ccc(CC(=O)OCC(=O)Nc2cc(Cl)c(OC)cc2OC)cc1OCC. The van der Waals surface area contributed by atoms with Crippen molar-refractivity contribution in [2.45, 2.75) is 20.3 Å². The highest BCUT2D eigenvalue weighted by Gasteiger charge is 2.15. The molecule has 2 aromatic carbocycles. The molecule has 0 saturated carbocycles. The van der Waals surface area contributed by atoms with Crippen molar-refractivity contribution in [3.63, 3.8) is 0 Å². The number of rotatable bonds is 11. The van der Waals surface area contributed by atoms with E-state index in [1.165, 1.54) is 20.3 Å². The van der Waals surface area contributed by atoms with Gasteiger partial charge < -0.3 is 29.0 Å². The first-order chi connectivity index (χ1) is 14.9. The van der Waals surface area contributed by atoms with Crippen molar-refractivity contribution in [3.8, 4) is 23.0 Å². The Morgan fingerprint density at radius 2 is 1.58 bits per heavy atom. The van der Waals surface area contributed by atoms with Crippen LogP contribution in [0.5, 0.6) is 23.0 Å². The minimum absolute atomic E-state index is 0.0164. The molecule has 1 amide bonds. The van der Waals surface area contributed by atoms with E-state index in [0.29, 0.717) is 52.5 Å². The molecule has 0 aliphatic rings. The molecule has 0 unspecified atom stereocenters. The van der Waals surface area contributed by atoms with Crippen LogP contribution in [0.2, 0.25) is 5.02 Å². The van der Waals surface area contributed by atoms with Crippen molar-refractivity contribution < 1.29 is 33.3 Å². The third-order valence-electron chi connectivity index (χ3n) is 4.07. The van der Waals surface area contributed by atoms with Gasteiger partial charge in [-0.15, -0.1) is 0 Å². The second-order valence-electron chi connectivity index (χ2n) is 6.22. The van der Waals surface area contributed by atoms with Gasteiger partial charge in [-0.3, -0.25) is 9.59 Å². The van der Waals surface area contributed by atoms with E-state index in [1.54, 1.807) is 24.3 Å². The smallest absolute Gasteiger partial charge is 0.310 e. The van der Waals surface area contributed by atoms with E-state index in [2.05, 4.69) is 5.32 Å². The first-order valence-electron chi connectivity index (χ1n) is 9.67. The molecule has 0 saturated heterocycles. The molecule has 0 aliphatic heterocycles. The molecule has 0 aromatic heterocycles. The van der Waals surface area contributed by atoms with Gasteiger partial charge in [0, 0.05) is 6.07 Å². The summed E-state index contributed by atoms with van der Waals surface area (Å²) in [6, 6.07) is 8.25. The van der Waals surface area contributed by atoms with Gasteiger partial charge in [-0.05, 0) is 37.6 Å². The lowest BCUT2D eigenvalue weighted by Gasteiger charge is -2.13. The standard InChI is InChI=1S/C22H26ClNO7/c1-5-29-17-8-7-14(9-20(17)30-6-2)10-22(26)31-13-21(25)24-16-11-15(23)18(27-3)12-19(16)28-4/h7-9,11-12H,5-6,10,13H2,1-4H3,(H,24,25). The number of carbonyl (C=O) groups excluding carboxylic acids is 2. The minimum atomic E-state index is -0.554. The summed E-state index contributed by atoms with van der Waals surface area (Å²) in [6.45, 7) is 4.25. The number of esters is 1. The highest BCUT2D eigenvalue weighted by Crippen LogP contribution is 2.35. The lowest BCUT2D eigenvalue weighted by atomic mass is 10.1. The summed E-state index contributed by atoms with van der Waals surface area (Å²) in [5.74, 6) is 0.836. The maximum absolute atomic E-state index is 12.2. The highest BCUT2D eigenvalue weighted by atomic mass is 35.5. The van der Waals surface area contributed by atoms with E-state index < -0.39 is 18.5 Å². The monoisotopic (exact) mass is 451 g/mol. The molecule has 0 heterocycles. The van der Waals surface area contributed by atoms with Gasteiger partial charge in [0.15, 0.2) is 18.1 Å². The fourth-order valence-corrected chi connectivity index (χ4v) is 2.95. The number of halogens is 1. The molecule has 0 aliphatic carbocycles. The zero-order chi connectivity index (χ0) is 22.8. The number of methoxy groups -OCH3 is 2. The molecule has 1 N–H and O–H groups in total. The Morgan fingerprint density at radius 1 is 0.903 bits per heavy atom. The zero-order valence-electron chi connectivity index (χ0n) is 18.0. The number of amides is 1. The van der Waals surface area contributed by atoms with Crippen LogP contribution in [-0.2, 0) is 20.7 Å². The summed E-state index contributed by atoms with van der Waals surface area (Å²) in [5, 5.41) is 2.90. The molecule has 0 bridgehead atoms. The number of hydrogen-bond acceptors (Lipinski definition) is 7. The first-order valence-corrected chi connectivity index (χ1v) is 10.0. The van der Waals surface area contributed by atoms with E-state index in [-0.39, 0.29) is 6.42 Å². The summed E-state index contributed by atoms with van der Waals surface area (Å²) in [7, 11) is 2.92.